The molecule has 1 aliphatic rings. The van der Waals surface area contributed by atoms with Crippen LogP contribution in [0.15, 0.2) is 6.07 Å². The summed E-state index contributed by atoms with van der Waals surface area (Å²) in [5.74, 6) is 0.718. The van der Waals surface area contributed by atoms with E-state index in [-0.39, 0.29) is 5.38 Å². The van der Waals surface area contributed by atoms with E-state index < -0.39 is 0 Å². The molecule has 0 aliphatic heterocycles. The lowest BCUT2D eigenvalue weighted by atomic mass is 9.71. The smallest absolute Gasteiger partial charge is 0.0646 e. The van der Waals surface area contributed by atoms with E-state index in [1.807, 2.05) is 0 Å². The fourth-order valence-corrected chi connectivity index (χ4v) is 5.02. The topological polar surface area (TPSA) is 0 Å². The zero-order valence-corrected chi connectivity index (χ0v) is 15.4. The van der Waals surface area contributed by atoms with Gasteiger partial charge in [0.2, 0.25) is 0 Å². The summed E-state index contributed by atoms with van der Waals surface area (Å²) in [6, 6.07) is 2.31. The highest BCUT2D eigenvalue weighted by molar-refractivity contribution is 6.21. The lowest BCUT2D eigenvalue weighted by Gasteiger charge is -2.38. The second kappa shape index (κ2) is 6.32. The molecule has 1 atom stereocenters. The van der Waals surface area contributed by atoms with Gasteiger partial charge in [-0.15, -0.1) is 11.6 Å². The van der Waals surface area contributed by atoms with Crippen molar-refractivity contribution in [1.29, 1.82) is 0 Å². The van der Waals surface area contributed by atoms with Gasteiger partial charge >= 0.3 is 0 Å². The molecule has 118 valence electrons. The van der Waals surface area contributed by atoms with E-state index in [1.165, 1.54) is 59.9 Å². The van der Waals surface area contributed by atoms with Gasteiger partial charge in [0.15, 0.2) is 0 Å². The maximum Gasteiger partial charge on any atom is 0.0646 e. The Bertz CT molecular complexity index is 481. The van der Waals surface area contributed by atoms with Crippen molar-refractivity contribution in [3.05, 3.63) is 33.9 Å². The first-order valence-corrected chi connectivity index (χ1v) is 8.93. The predicted octanol–water partition coefficient (Wildman–Crippen LogP) is 6.81. The van der Waals surface area contributed by atoms with Gasteiger partial charge in [-0.1, -0.05) is 32.8 Å². The van der Waals surface area contributed by atoms with Crippen LogP contribution in [0.2, 0.25) is 0 Å². The normalized spacial score (nSPS) is 19.2. The first-order valence-electron chi connectivity index (χ1n) is 8.50. The summed E-state index contributed by atoms with van der Waals surface area (Å²) in [4.78, 5) is 0. The van der Waals surface area contributed by atoms with Crippen LogP contribution in [0.1, 0.15) is 79.1 Å². The van der Waals surface area contributed by atoms with Gasteiger partial charge in [0.1, 0.15) is 0 Å². The first kappa shape index (κ1) is 16.9. The monoisotopic (exact) mass is 306 g/mol. The van der Waals surface area contributed by atoms with Crippen molar-refractivity contribution in [2.24, 2.45) is 11.3 Å². The summed E-state index contributed by atoms with van der Waals surface area (Å²) < 4.78 is 0. The molecule has 0 N–H and O–H groups in total. The molecular weight excluding hydrogens is 276 g/mol. The van der Waals surface area contributed by atoms with E-state index in [0.717, 1.165) is 5.92 Å². The van der Waals surface area contributed by atoms with E-state index in [0.29, 0.717) is 5.41 Å². The van der Waals surface area contributed by atoms with Gasteiger partial charge in [-0.25, -0.2) is 0 Å². The molecule has 0 bridgehead atoms. The Kier molecular flexibility index (Phi) is 5.08. The van der Waals surface area contributed by atoms with Crippen molar-refractivity contribution < 1.29 is 0 Å². The van der Waals surface area contributed by atoms with Crippen molar-refractivity contribution in [1.82, 2.24) is 0 Å². The Balaban J connectivity index is 2.49. The Morgan fingerprint density at radius 1 is 1.00 bits per heavy atom. The second-order valence-electron chi connectivity index (χ2n) is 7.70. The number of rotatable bonds is 4. The molecule has 1 saturated carbocycles. The fourth-order valence-electron chi connectivity index (χ4n) is 4.39. The highest BCUT2D eigenvalue weighted by atomic mass is 35.5. The summed E-state index contributed by atoms with van der Waals surface area (Å²) >= 11 is 7.17. The molecule has 1 fully saturated rings. The van der Waals surface area contributed by atoms with Crippen LogP contribution in [-0.4, -0.2) is 0 Å². The van der Waals surface area contributed by atoms with Crippen molar-refractivity contribution >= 4 is 11.6 Å². The lowest BCUT2D eigenvalue weighted by Crippen LogP contribution is -2.26. The molecule has 21 heavy (non-hydrogen) atoms. The van der Waals surface area contributed by atoms with Crippen molar-refractivity contribution in [2.45, 2.75) is 79.0 Å². The summed E-state index contributed by atoms with van der Waals surface area (Å²) in [7, 11) is 0. The van der Waals surface area contributed by atoms with E-state index in [2.05, 4.69) is 47.6 Å². The number of benzene rings is 1. The molecular formula is C20H31Cl. The first-order chi connectivity index (χ1) is 9.78. The lowest BCUT2D eigenvalue weighted by molar-refractivity contribution is 0.222. The van der Waals surface area contributed by atoms with Gasteiger partial charge < -0.3 is 0 Å². The highest BCUT2D eigenvalue weighted by Crippen LogP contribution is 2.55. The van der Waals surface area contributed by atoms with Gasteiger partial charge in [-0.05, 0) is 86.1 Å². The average molecular weight is 307 g/mol. The van der Waals surface area contributed by atoms with Crippen molar-refractivity contribution in [3.8, 4) is 0 Å². The largest absolute Gasteiger partial charge is 0.117 e. The molecule has 1 heteroatoms. The molecule has 0 amide bonds. The van der Waals surface area contributed by atoms with Crippen LogP contribution in [0.3, 0.4) is 0 Å². The molecule has 1 aliphatic carbocycles. The van der Waals surface area contributed by atoms with Gasteiger partial charge in [0.25, 0.3) is 0 Å². The zero-order valence-electron chi connectivity index (χ0n) is 14.6. The summed E-state index contributed by atoms with van der Waals surface area (Å²) in [5.41, 5.74) is 7.33. The van der Waals surface area contributed by atoms with Crippen LogP contribution in [0, 0.1) is 39.0 Å². The molecule has 0 nitrogen and oxygen atoms in total. The standard InChI is InChI=1S/C20H31Cl/c1-13(2)12-20(9-7-8-10-20)19(21)18-16(5)14(3)11-15(4)17(18)6/h11,13,19H,7-10,12H2,1-6H3. The Morgan fingerprint density at radius 3 is 1.90 bits per heavy atom. The second-order valence-corrected chi connectivity index (χ2v) is 8.14. The van der Waals surface area contributed by atoms with Crippen LogP contribution >= 0.6 is 11.6 Å². The fraction of sp³-hybridized carbons (Fsp3) is 0.700. The summed E-state index contributed by atoms with van der Waals surface area (Å²) in [6.07, 6.45) is 6.54. The molecule has 0 radical (unpaired) electrons. The summed E-state index contributed by atoms with van der Waals surface area (Å²) in [6.45, 7) is 13.6. The molecule has 0 aromatic heterocycles. The molecule has 0 heterocycles. The maximum atomic E-state index is 7.17. The SMILES string of the molecule is Cc1cc(C)c(C)c(C(Cl)C2(CC(C)C)CCCC2)c1C. The molecule has 1 aromatic carbocycles. The minimum absolute atomic E-state index is 0.168. The van der Waals surface area contributed by atoms with E-state index in [9.17, 15) is 0 Å². The number of alkyl halides is 1. The predicted molar refractivity (Wildman–Crippen MR) is 94.3 cm³/mol. The van der Waals surface area contributed by atoms with E-state index >= 15 is 0 Å². The van der Waals surface area contributed by atoms with Crippen LogP contribution in [0.25, 0.3) is 0 Å². The van der Waals surface area contributed by atoms with Gasteiger partial charge in [0.05, 0.1) is 5.38 Å². The molecule has 0 saturated heterocycles. The van der Waals surface area contributed by atoms with Crippen molar-refractivity contribution in [3.63, 3.8) is 0 Å². The average Bonchev–Trinajstić information content (AvgIpc) is 2.85. The van der Waals surface area contributed by atoms with E-state index in [1.54, 1.807) is 0 Å². The number of aryl methyl sites for hydroxylation is 2. The summed E-state index contributed by atoms with van der Waals surface area (Å²) in [5, 5.41) is 0.168. The molecule has 1 aromatic rings. The van der Waals surface area contributed by atoms with Crippen molar-refractivity contribution in [2.75, 3.05) is 0 Å². The van der Waals surface area contributed by atoms with Gasteiger partial charge in [0, 0.05) is 0 Å². The van der Waals surface area contributed by atoms with Gasteiger partial charge in [-0.2, -0.15) is 0 Å². The maximum absolute atomic E-state index is 7.17. The Morgan fingerprint density at radius 2 is 1.48 bits per heavy atom. The third-order valence-corrected chi connectivity index (χ3v) is 6.31. The number of hydrogen-bond donors (Lipinski definition) is 0. The third kappa shape index (κ3) is 3.16. The Labute approximate surface area is 136 Å². The minimum Gasteiger partial charge on any atom is -0.117 e. The van der Waals surface area contributed by atoms with Gasteiger partial charge in [-0.3, -0.25) is 0 Å². The molecule has 1 unspecified atom stereocenters. The zero-order chi connectivity index (χ0) is 15.8. The van der Waals surface area contributed by atoms with Crippen LogP contribution in [0.4, 0.5) is 0 Å². The highest BCUT2D eigenvalue weighted by Gasteiger charge is 2.42. The molecule has 2 rings (SSSR count). The van der Waals surface area contributed by atoms with Crippen LogP contribution in [0.5, 0.6) is 0 Å². The number of hydrogen-bond acceptors (Lipinski definition) is 0. The third-order valence-electron chi connectivity index (χ3n) is 5.63. The minimum atomic E-state index is 0.168. The van der Waals surface area contributed by atoms with E-state index in [4.69, 9.17) is 11.6 Å². The number of halogens is 1. The quantitative estimate of drug-likeness (QED) is 0.536. The van der Waals surface area contributed by atoms with Crippen LogP contribution in [-0.2, 0) is 0 Å². The Hall–Kier alpha value is -0.490. The van der Waals surface area contributed by atoms with Crippen LogP contribution < -0.4 is 0 Å². The molecule has 0 spiro atoms.